The summed E-state index contributed by atoms with van der Waals surface area (Å²) in [6, 6.07) is 0. The molecule has 0 aromatic carbocycles. The number of hydrogen-bond acceptors (Lipinski definition) is 3. The maximum absolute atomic E-state index is 12.6. The van der Waals surface area contributed by atoms with Gasteiger partial charge in [0.25, 0.3) is 0 Å². The maximum atomic E-state index is 12.6. The quantitative estimate of drug-likeness (QED) is 0.728. The van der Waals surface area contributed by atoms with Gasteiger partial charge in [0.05, 0.1) is 11.2 Å². The highest BCUT2D eigenvalue weighted by atomic mass is 16.1. The van der Waals surface area contributed by atoms with Crippen molar-refractivity contribution in [2.75, 3.05) is 26.2 Å². The van der Waals surface area contributed by atoms with Crippen LogP contribution in [-0.4, -0.2) is 47.3 Å². The zero-order chi connectivity index (χ0) is 11.9. The molecule has 0 N–H and O–H groups in total. The van der Waals surface area contributed by atoms with Crippen molar-refractivity contribution in [3.63, 3.8) is 0 Å². The van der Waals surface area contributed by atoms with Crippen molar-refractivity contribution < 1.29 is 4.79 Å². The Hall–Kier alpha value is -0.830. The van der Waals surface area contributed by atoms with Gasteiger partial charge in [-0.25, -0.2) is 0 Å². The molecule has 2 saturated heterocycles. The highest BCUT2D eigenvalue weighted by Crippen LogP contribution is 2.35. The molecule has 94 valence electrons. The standard InChI is InChI=1S/C14H22N2O/c1-14(16-10-4-5-11-16)7-6-12(13(14)17)15-8-2-3-9-15/h6H,2-5,7-11H2,1H3. The van der Waals surface area contributed by atoms with E-state index in [9.17, 15) is 4.79 Å². The zero-order valence-corrected chi connectivity index (χ0v) is 10.7. The van der Waals surface area contributed by atoms with Crippen LogP contribution in [0.3, 0.4) is 0 Å². The smallest absolute Gasteiger partial charge is 0.198 e. The number of ketones is 1. The number of carbonyl (C=O) groups excluding carboxylic acids is 1. The molecule has 2 fully saturated rings. The molecule has 3 aliphatic rings. The van der Waals surface area contributed by atoms with Crippen molar-refractivity contribution >= 4 is 5.78 Å². The van der Waals surface area contributed by atoms with Crippen LogP contribution in [-0.2, 0) is 4.79 Å². The van der Waals surface area contributed by atoms with Gasteiger partial charge < -0.3 is 4.90 Å². The van der Waals surface area contributed by atoms with Crippen LogP contribution in [0.15, 0.2) is 11.8 Å². The predicted molar refractivity (Wildman–Crippen MR) is 67.7 cm³/mol. The molecule has 0 spiro atoms. The Morgan fingerprint density at radius 2 is 1.65 bits per heavy atom. The molecular weight excluding hydrogens is 212 g/mol. The Bertz CT molecular complexity index is 351. The van der Waals surface area contributed by atoms with Gasteiger partial charge in [0.1, 0.15) is 0 Å². The van der Waals surface area contributed by atoms with Crippen LogP contribution in [0.5, 0.6) is 0 Å². The van der Waals surface area contributed by atoms with Gasteiger partial charge in [0.15, 0.2) is 5.78 Å². The lowest BCUT2D eigenvalue weighted by molar-refractivity contribution is -0.125. The van der Waals surface area contributed by atoms with Gasteiger partial charge in [0, 0.05) is 13.1 Å². The second-order valence-electron chi connectivity index (χ2n) is 5.78. The lowest BCUT2D eigenvalue weighted by Crippen LogP contribution is -2.50. The molecule has 0 radical (unpaired) electrons. The van der Waals surface area contributed by atoms with Crippen molar-refractivity contribution in [2.45, 2.75) is 44.6 Å². The van der Waals surface area contributed by atoms with E-state index in [2.05, 4.69) is 22.8 Å². The Labute approximate surface area is 103 Å². The van der Waals surface area contributed by atoms with Crippen LogP contribution >= 0.6 is 0 Å². The molecule has 0 bridgehead atoms. The lowest BCUT2D eigenvalue weighted by Gasteiger charge is -2.34. The summed E-state index contributed by atoms with van der Waals surface area (Å²) in [6.07, 6.45) is 8.09. The summed E-state index contributed by atoms with van der Waals surface area (Å²) >= 11 is 0. The van der Waals surface area contributed by atoms with E-state index in [1.54, 1.807) is 0 Å². The summed E-state index contributed by atoms with van der Waals surface area (Å²) in [4.78, 5) is 17.3. The molecule has 2 heterocycles. The summed E-state index contributed by atoms with van der Waals surface area (Å²) in [5.74, 6) is 0.376. The topological polar surface area (TPSA) is 23.6 Å². The second kappa shape index (κ2) is 4.13. The first-order valence-electron chi connectivity index (χ1n) is 6.97. The summed E-state index contributed by atoms with van der Waals surface area (Å²) in [6.45, 7) is 6.49. The third kappa shape index (κ3) is 1.71. The van der Waals surface area contributed by atoms with Gasteiger partial charge in [-0.05, 0) is 52.1 Å². The monoisotopic (exact) mass is 234 g/mol. The molecule has 0 aromatic heterocycles. The minimum atomic E-state index is -0.228. The minimum absolute atomic E-state index is 0.228. The maximum Gasteiger partial charge on any atom is 0.198 e. The van der Waals surface area contributed by atoms with E-state index in [-0.39, 0.29) is 5.54 Å². The fourth-order valence-corrected chi connectivity index (χ4v) is 3.47. The SMILES string of the molecule is CC1(N2CCCC2)CC=C(N2CCCC2)C1=O. The average molecular weight is 234 g/mol. The average Bonchev–Trinajstić information content (AvgIpc) is 3.02. The number of Topliss-reactive ketones (excluding diaryl/α,β-unsaturated/α-hetero) is 1. The van der Waals surface area contributed by atoms with Gasteiger partial charge in [0.2, 0.25) is 0 Å². The molecule has 3 rings (SSSR count). The van der Waals surface area contributed by atoms with Gasteiger partial charge in [-0.2, -0.15) is 0 Å². The Morgan fingerprint density at radius 1 is 1.06 bits per heavy atom. The lowest BCUT2D eigenvalue weighted by atomic mass is 9.95. The van der Waals surface area contributed by atoms with Gasteiger partial charge in [-0.15, -0.1) is 0 Å². The van der Waals surface area contributed by atoms with Crippen molar-refractivity contribution in [3.8, 4) is 0 Å². The molecular formula is C14H22N2O. The van der Waals surface area contributed by atoms with E-state index in [1.807, 2.05) is 0 Å². The molecule has 1 atom stereocenters. The van der Waals surface area contributed by atoms with Crippen LogP contribution in [0.2, 0.25) is 0 Å². The van der Waals surface area contributed by atoms with Crippen molar-refractivity contribution in [3.05, 3.63) is 11.8 Å². The van der Waals surface area contributed by atoms with Gasteiger partial charge >= 0.3 is 0 Å². The number of hydrogen-bond donors (Lipinski definition) is 0. The largest absolute Gasteiger partial charge is 0.369 e. The van der Waals surface area contributed by atoms with Gasteiger partial charge in [-0.1, -0.05) is 6.08 Å². The molecule has 0 aromatic rings. The van der Waals surface area contributed by atoms with Crippen LogP contribution < -0.4 is 0 Å². The second-order valence-corrected chi connectivity index (χ2v) is 5.78. The minimum Gasteiger partial charge on any atom is -0.369 e. The van der Waals surface area contributed by atoms with E-state index in [1.165, 1.54) is 25.7 Å². The number of likely N-dealkylation sites (tertiary alicyclic amines) is 2. The first kappa shape index (κ1) is 11.3. The Balaban J connectivity index is 1.76. The van der Waals surface area contributed by atoms with E-state index >= 15 is 0 Å². The zero-order valence-electron chi connectivity index (χ0n) is 10.7. The van der Waals surface area contributed by atoms with Crippen LogP contribution in [0.25, 0.3) is 0 Å². The van der Waals surface area contributed by atoms with Crippen molar-refractivity contribution in [2.24, 2.45) is 0 Å². The molecule has 2 aliphatic heterocycles. The third-order valence-electron chi connectivity index (χ3n) is 4.67. The summed E-state index contributed by atoms with van der Waals surface area (Å²) < 4.78 is 0. The third-order valence-corrected chi connectivity index (χ3v) is 4.67. The van der Waals surface area contributed by atoms with Crippen molar-refractivity contribution in [1.29, 1.82) is 0 Å². The molecule has 0 saturated carbocycles. The first-order chi connectivity index (χ1) is 8.22. The molecule has 0 amide bonds. The summed E-state index contributed by atoms with van der Waals surface area (Å²) in [7, 11) is 0. The fraction of sp³-hybridized carbons (Fsp3) is 0.786. The van der Waals surface area contributed by atoms with E-state index < -0.39 is 0 Å². The van der Waals surface area contributed by atoms with Crippen LogP contribution in [0.4, 0.5) is 0 Å². The summed E-state index contributed by atoms with van der Waals surface area (Å²) in [5, 5.41) is 0. The first-order valence-corrected chi connectivity index (χ1v) is 6.97. The molecule has 1 aliphatic carbocycles. The normalized spacial score (nSPS) is 34.8. The van der Waals surface area contributed by atoms with E-state index in [0.717, 1.165) is 38.3 Å². The number of rotatable bonds is 2. The van der Waals surface area contributed by atoms with Gasteiger partial charge in [-0.3, -0.25) is 9.69 Å². The number of carbonyl (C=O) groups is 1. The molecule has 3 heteroatoms. The molecule has 17 heavy (non-hydrogen) atoms. The van der Waals surface area contributed by atoms with Crippen LogP contribution in [0.1, 0.15) is 39.0 Å². The van der Waals surface area contributed by atoms with E-state index in [4.69, 9.17) is 0 Å². The Kier molecular flexibility index (Phi) is 2.74. The highest BCUT2D eigenvalue weighted by Gasteiger charge is 2.46. The van der Waals surface area contributed by atoms with E-state index in [0.29, 0.717) is 5.78 Å². The fourth-order valence-electron chi connectivity index (χ4n) is 3.47. The highest BCUT2D eigenvalue weighted by molar-refractivity contribution is 6.04. The predicted octanol–water partition coefficient (Wildman–Crippen LogP) is 1.79. The van der Waals surface area contributed by atoms with Crippen LogP contribution in [0, 0.1) is 0 Å². The molecule has 1 unspecified atom stereocenters. The number of nitrogens with zero attached hydrogens (tertiary/aromatic N) is 2. The Morgan fingerprint density at radius 3 is 2.29 bits per heavy atom. The van der Waals surface area contributed by atoms with Crippen molar-refractivity contribution in [1.82, 2.24) is 9.80 Å². The molecule has 3 nitrogen and oxygen atoms in total. The summed E-state index contributed by atoms with van der Waals surface area (Å²) in [5.41, 5.74) is 0.783.